The lowest BCUT2D eigenvalue weighted by molar-refractivity contribution is -0.137. The van der Waals surface area contributed by atoms with E-state index in [1.165, 1.54) is 17.8 Å². The van der Waals surface area contributed by atoms with Crippen LogP contribution in [0.1, 0.15) is 36.2 Å². The second-order valence-electron chi connectivity index (χ2n) is 5.48. The number of rotatable bonds is 5. The van der Waals surface area contributed by atoms with E-state index in [-0.39, 0.29) is 10.9 Å². The Kier molecular flexibility index (Phi) is 6.79. The lowest BCUT2D eigenvalue weighted by Crippen LogP contribution is -2.17. The summed E-state index contributed by atoms with van der Waals surface area (Å²) in [5.41, 5.74) is -0.722. The van der Waals surface area contributed by atoms with Gasteiger partial charge in [-0.25, -0.2) is 0 Å². The predicted octanol–water partition coefficient (Wildman–Crippen LogP) is 6.45. The molecule has 0 heterocycles. The molecule has 0 fully saturated rings. The highest BCUT2D eigenvalue weighted by Gasteiger charge is 2.34. The van der Waals surface area contributed by atoms with Crippen LogP contribution in [0.25, 0.3) is 0 Å². The molecule has 7 heteroatoms. The van der Waals surface area contributed by atoms with Crippen molar-refractivity contribution in [2.45, 2.75) is 36.6 Å². The molecule has 0 saturated carbocycles. The van der Waals surface area contributed by atoms with Crippen LogP contribution in [-0.2, 0) is 6.18 Å². The molecule has 2 nitrogen and oxygen atoms in total. The Balaban J connectivity index is 2.34. The summed E-state index contributed by atoms with van der Waals surface area (Å²) >= 11 is 3.37. The molecule has 0 aromatic heterocycles. The molecule has 0 bridgehead atoms. The maximum Gasteiger partial charge on any atom is 0.418 e. The normalized spacial score (nSPS) is 12.7. The summed E-state index contributed by atoms with van der Waals surface area (Å²) in [6, 6.07) is 10.8. The van der Waals surface area contributed by atoms with Gasteiger partial charge >= 0.3 is 6.18 Å². The van der Waals surface area contributed by atoms with Crippen molar-refractivity contribution in [2.75, 3.05) is 5.32 Å². The number of hydrogen-bond donors (Lipinski definition) is 1. The Labute approximate surface area is 162 Å². The molecule has 0 aliphatic heterocycles. The van der Waals surface area contributed by atoms with Crippen molar-refractivity contribution in [1.82, 2.24) is 0 Å². The zero-order valence-corrected chi connectivity index (χ0v) is 16.6. The molecule has 0 aliphatic carbocycles. The van der Waals surface area contributed by atoms with Gasteiger partial charge < -0.3 is 5.32 Å². The fourth-order valence-electron chi connectivity index (χ4n) is 2.09. The fourth-order valence-corrected chi connectivity index (χ4v) is 3.69. The standard InChI is InChI=1S/C18H17F3INOS/c1-3-11(2)25-12-8-9-16(14(10-12)18(19,20)21)23-17(24)13-6-4-5-7-15(13)22/h4-11H,3H2,1-2H3,(H,23,24). The third-order valence-electron chi connectivity index (χ3n) is 3.58. The molecule has 25 heavy (non-hydrogen) atoms. The van der Waals surface area contributed by atoms with Gasteiger partial charge in [-0.3, -0.25) is 4.79 Å². The van der Waals surface area contributed by atoms with Crippen LogP contribution in [0.4, 0.5) is 18.9 Å². The van der Waals surface area contributed by atoms with E-state index >= 15 is 0 Å². The zero-order valence-electron chi connectivity index (χ0n) is 13.7. The van der Waals surface area contributed by atoms with Crippen LogP contribution in [0.15, 0.2) is 47.4 Å². The monoisotopic (exact) mass is 479 g/mol. The van der Waals surface area contributed by atoms with Crippen molar-refractivity contribution in [1.29, 1.82) is 0 Å². The van der Waals surface area contributed by atoms with E-state index in [2.05, 4.69) is 5.32 Å². The van der Waals surface area contributed by atoms with Crippen LogP contribution < -0.4 is 5.32 Å². The topological polar surface area (TPSA) is 29.1 Å². The molecule has 0 radical (unpaired) electrons. The largest absolute Gasteiger partial charge is 0.418 e. The summed E-state index contributed by atoms with van der Waals surface area (Å²) in [4.78, 5) is 12.9. The van der Waals surface area contributed by atoms with E-state index < -0.39 is 17.6 Å². The smallest absolute Gasteiger partial charge is 0.321 e. The summed E-state index contributed by atoms with van der Waals surface area (Å²) in [5, 5.41) is 2.61. The minimum absolute atomic E-state index is 0.215. The van der Waals surface area contributed by atoms with Crippen LogP contribution in [0.3, 0.4) is 0 Å². The quantitative estimate of drug-likeness (QED) is 0.395. The number of halogens is 4. The number of amides is 1. The number of benzene rings is 2. The molecule has 1 N–H and O–H groups in total. The number of anilines is 1. The minimum Gasteiger partial charge on any atom is -0.321 e. The molecule has 0 aliphatic rings. The van der Waals surface area contributed by atoms with Gasteiger partial charge in [0.05, 0.1) is 16.8 Å². The Hall–Kier alpha value is -1.22. The number of thioether (sulfide) groups is 1. The summed E-state index contributed by atoms with van der Waals surface area (Å²) in [6.45, 7) is 3.95. The van der Waals surface area contributed by atoms with Gasteiger partial charge in [-0.05, 0) is 59.3 Å². The van der Waals surface area contributed by atoms with Crippen molar-refractivity contribution in [3.63, 3.8) is 0 Å². The lowest BCUT2D eigenvalue weighted by Gasteiger charge is -2.16. The molecular formula is C18H17F3INOS. The molecule has 2 aromatic carbocycles. The average molecular weight is 479 g/mol. The number of carbonyl (C=O) groups excluding carboxylic acids is 1. The van der Waals surface area contributed by atoms with Gasteiger partial charge in [-0.2, -0.15) is 13.2 Å². The summed E-state index contributed by atoms with van der Waals surface area (Å²) in [7, 11) is 0. The molecule has 2 rings (SSSR count). The predicted molar refractivity (Wildman–Crippen MR) is 104 cm³/mol. The van der Waals surface area contributed by atoms with Crippen LogP contribution in [0.2, 0.25) is 0 Å². The third kappa shape index (κ3) is 5.37. The first-order chi connectivity index (χ1) is 11.7. The van der Waals surface area contributed by atoms with Gasteiger partial charge in [-0.15, -0.1) is 11.8 Å². The lowest BCUT2D eigenvalue weighted by atomic mass is 10.1. The molecule has 134 valence electrons. The third-order valence-corrected chi connectivity index (χ3v) is 5.78. The van der Waals surface area contributed by atoms with E-state index in [1.54, 1.807) is 30.3 Å². The fraction of sp³-hybridized carbons (Fsp3) is 0.278. The Morgan fingerprint density at radius 2 is 1.92 bits per heavy atom. The molecule has 1 atom stereocenters. The van der Waals surface area contributed by atoms with Crippen molar-refractivity contribution in [3.05, 3.63) is 57.2 Å². The van der Waals surface area contributed by atoms with Crippen LogP contribution in [-0.4, -0.2) is 11.2 Å². The minimum atomic E-state index is -4.54. The van der Waals surface area contributed by atoms with E-state index in [0.29, 0.717) is 14.0 Å². The highest BCUT2D eigenvalue weighted by atomic mass is 127. The summed E-state index contributed by atoms with van der Waals surface area (Å²) in [6.07, 6.45) is -3.69. The van der Waals surface area contributed by atoms with E-state index in [1.807, 2.05) is 36.4 Å². The van der Waals surface area contributed by atoms with Crippen LogP contribution in [0.5, 0.6) is 0 Å². The Bertz CT molecular complexity index is 764. The maximum atomic E-state index is 13.4. The summed E-state index contributed by atoms with van der Waals surface area (Å²) < 4.78 is 40.9. The molecular weight excluding hydrogens is 462 g/mol. The highest BCUT2D eigenvalue weighted by molar-refractivity contribution is 14.1. The van der Waals surface area contributed by atoms with Crippen LogP contribution >= 0.6 is 34.4 Å². The molecule has 1 unspecified atom stereocenters. The first kappa shape index (κ1) is 20.1. The first-order valence-electron chi connectivity index (χ1n) is 7.66. The van der Waals surface area contributed by atoms with E-state index in [9.17, 15) is 18.0 Å². The summed E-state index contributed by atoms with van der Waals surface area (Å²) in [5.74, 6) is -0.558. The van der Waals surface area contributed by atoms with Crippen molar-refractivity contribution in [3.8, 4) is 0 Å². The van der Waals surface area contributed by atoms with Gasteiger partial charge in [0.25, 0.3) is 5.91 Å². The maximum absolute atomic E-state index is 13.4. The highest BCUT2D eigenvalue weighted by Crippen LogP contribution is 2.38. The van der Waals surface area contributed by atoms with Gasteiger partial charge in [0, 0.05) is 13.7 Å². The number of nitrogens with one attached hydrogen (secondary N) is 1. The number of carbonyl (C=O) groups is 1. The van der Waals surface area contributed by atoms with Gasteiger partial charge in [-0.1, -0.05) is 26.0 Å². The Morgan fingerprint density at radius 1 is 1.24 bits per heavy atom. The van der Waals surface area contributed by atoms with Gasteiger partial charge in [0.2, 0.25) is 0 Å². The average Bonchev–Trinajstić information content (AvgIpc) is 2.55. The van der Waals surface area contributed by atoms with Gasteiger partial charge in [0.15, 0.2) is 0 Å². The molecule has 0 saturated heterocycles. The molecule has 2 aromatic rings. The zero-order chi connectivity index (χ0) is 18.6. The Morgan fingerprint density at radius 3 is 2.52 bits per heavy atom. The van der Waals surface area contributed by atoms with Crippen LogP contribution in [0, 0.1) is 3.57 Å². The first-order valence-corrected chi connectivity index (χ1v) is 9.62. The number of alkyl halides is 3. The second-order valence-corrected chi connectivity index (χ2v) is 8.15. The van der Waals surface area contributed by atoms with Crippen molar-refractivity contribution in [2.24, 2.45) is 0 Å². The molecule has 0 spiro atoms. The molecule has 1 amide bonds. The van der Waals surface area contributed by atoms with E-state index in [4.69, 9.17) is 0 Å². The second kappa shape index (κ2) is 8.44. The van der Waals surface area contributed by atoms with Crippen molar-refractivity contribution >= 4 is 45.9 Å². The van der Waals surface area contributed by atoms with Gasteiger partial charge in [0.1, 0.15) is 0 Å². The van der Waals surface area contributed by atoms with E-state index in [0.717, 1.165) is 12.5 Å². The van der Waals surface area contributed by atoms with Crippen molar-refractivity contribution < 1.29 is 18.0 Å². The SMILES string of the molecule is CCC(C)Sc1ccc(NC(=O)c2ccccc2I)c(C(F)(F)F)c1. The number of hydrogen-bond acceptors (Lipinski definition) is 2.